The Hall–Kier alpha value is -0.980. The number of nitrogens with one attached hydrogen (secondary N) is 2. The van der Waals surface area contributed by atoms with Gasteiger partial charge >= 0.3 is 0 Å². The van der Waals surface area contributed by atoms with Gasteiger partial charge in [0, 0.05) is 30.5 Å². The van der Waals surface area contributed by atoms with Gasteiger partial charge in [-0.25, -0.2) is 4.98 Å². The van der Waals surface area contributed by atoms with Crippen LogP contribution in [0.2, 0.25) is 0 Å². The van der Waals surface area contributed by atoms with Crippen LogP contribution in [0, 0.1) is 0 Å². The average Bonchev–Trinajstić information content (AvgIpc) is 3.00. The summed E-state index contributed by atoms with van der Waals surface area (Å²) in [7, 11) is 0. The SMILES string of the molecule is CC(CNC(=O)CCOC1CCNCC1)c1nccs1. The van der Waals surface area contributed by atoms with Crippen LogP contribution in [-0.2, 0) is 9.53 Å². The van der Waals surface area contributed by atoms with Crippen molar-refractivity contribution in [1.82, 2.24) is 15.6 Å². The smallest absolute Gasteiger partial charge is 0.222 e. The first-order valence-corrected chi connectivity index (χ1v) is 8.12. The van der Waals surface area contributed by atoms with Crippen LogP contribution in [0.5, 0.6) is 0 Å². The fourth-order valence-electron chi connectivity index (χ4n) is 2.20. The number of hydrogen-bond acceptors (Lipinski definition) is 5. The summed E-state index contributed by atoms with van der Waals surface area (Å²) in [5.41, 5.74) is 0. The van der Waals surface area contributed by atoms with Crippen molar-refractivity contribution in [1.29, 1.82) is 0 Å². The van der Waals surface area contributed by atoms with E-state index in [4.69, 9.17) is 4.74 Å². The van der Waals surface area contributed by atoms with E-state index in [1.165, 1.54) is 0 Å². The number of piperidine rings is 1. The predicted octanol–water partition coefficient (Wildman–Crippen LogP) is 1.52. The number of amides is 1. The number of rotatable bonds is 7. The first kappa shape index (κ1) is 15.4. The molecule has 6 heteroatoms. The van der Waals surface area contributed by atoms with Crippen LogP contribution in [0.15, 0.2) is 11.6 Å². The average molecular weight is 297 g/mol. The highest BCUT2D eigenvalue weighted by Crippen LogP contribution is 2.16. The van der Waals surface area contributed by atoms with Crippen LogP contribution in [-0.4, -0.2) is 43.2 Å². The maximum atomic E-state index is 11.7. The van der Waals surface area contributed by atoms with Crippen molar-refractivity contribution in [3.05, 3.63) is 16.6 Å². The van der Waals surface area contributed by atoms with E-state index >= 15 is 0 Å². The zero-order valence-electron chi connectivity index (χ0n) is 11.9. The molecule has 2 heterocycles. The molecule has 1 unspecified atom stereocenters. The van der Waals surface area contributed by atoms with Crippen LogP contribution in [0.4, 0.5) is 0 Å². The first-order valence-electron chi connectivity index (χ1n) is 7.24. The van der Waals surface area contributed by atoms with Gasteiger partial charge in [0.2, 0.25) is 5.91 Å². The highest BCUT2D eigenvalue weighted by atomic mass is 32.1. The molecule has 0 aliphatic carbocycles. The molecule has 20 heavy (non-hydrogen) atoms. The molecule has 1 amide bonds. The molecule has 1 aromatic heterocycles. The minimum Gasteiger partial charge on any atom is -0.378 e. The van der Waals surface area contributed by atoms with Gasteiger partial charge in [-0.15, -0.1) is 11.3 Å². The topological polar surface area (TPSA) is 63.2 Å². The molecule has 2 rings (SSSR count). The van der Waals surface area contributed by atoms with Crippen molar-refractivity contribution < 1.29 is 9.53 Å². The van der Waals surface area contributed by atoms with Crippen molar-refractivity contribution in [2.45, 2.75) is 38.2 Å². The fourth-order valence-corrected chi connectivity index (χ4v) is 2.90. The molecule has 0 radical (unpaired) electrons. The van der Waals surface area contributed by atoms with E-state index in [0.29, 0.717) is 25.7 Å². The van der Waals surface area contributed by atoms with E-state index in [9.17, 15) is 4.79 Å². The summed E-state index contributed by atoms with van der Waals surface area (Å²) in [6.45, 7) is 5.26. The Morgan fingerprint density at radius 3 is 3.10 bits per heavy atom. The fraction of sp³-hybridized carbons (Fsp3) is 0.714. The third kappa shape index (κ3) is 5.19. The lowest BCUT2D eigenvalue weighted by molar-refractivity contribution is -0.122. The third-order valence-electron chi connectivity index (χ3n) is 3.45. The van der Waals surface area contributed by atoms with Gasteiger partial charge in [-0.05, 0) is 25.9 Å². The van der Waals surface area contributed by atoms with Crippen molar-refractivity contribution in [2.24, 2.45) is 0 Å². The molecular formula is C14H23N3O2S. The van der Waals surface area contributed by atoms with Crippen LogP contribution in [0.25, 0.3) is 0 Å². The van der Waals surface area contributed by atoms with Gasteiger partial charge in [-0.1, -0.05) is 6.92 Å². The molecule has 0 aromatic carbocycles. The molecule has 1 aliphatic heterocycles. The Kier molecular flexibility index (Phi) is 6.42. The maximum Gasteiger partial charge on any atom is 0.222 e. The van der Waals surface area contributed by atoms with Crippen LogP contribution >= 0.6 is 11.3 Å². The molecule has 1 saturated heterocycles. The van der Waals surface area contributed by atoms with Crippen LogP contribution < -0.4 is 10.6 Å². The Morgan fingerprint density at radius 1 is 1.60 bits per heavy atom. The quantitative estimate of drug-likeness (QED) is 0.801. The van der Waals surface area contributed by atoms with Gasteiger partial charge in [0.1, 0.15) is 0 Å². The summed E-state index contributed by atoms with van der Waals surface area (Å²) < 4.78 is 5.72. The van der Waals surface area contributed by atoms with E-state index in [0.717, 1.165) is 30.9 Å². The summed E-state index contributed by atoms with van der Waals surface area (Å²) in [5, 5.41) is 9.26. The lowest BCUT2D eigenvalue weighted by Crippen LogP contribution is -2.33. The zero-order valence-corrected chi connectivity index (χ0v) is 12.7. The minimum absolute atomic E-state index is 0.0577. The second-order valence-corrected chi connectivity index (χ2v) is 6.07. The largest absolute Gasteiger partial charge is 0.378 e. The summed E-state index contributed by atoms with van der Waals surface area (Å²) in [4.78, 5) is 16.0. The van der Waals surface area contributed by atoms with Crippen molar-refractivity contribution >= 4 is 17.2 Å². The third-order valence-corrected chi connectivity index (χ3v) is 4.45. The van der Waals surface area contributed by atoms with Gasteiger partial charge in [-0.2, -0.15) is 0 Å². The van der Waals surface area contributed by atoms with Crippen molar-refractivity contribution in [3.63, 3.8) is 0 Å². The Balaban J connectivity index is 1.56. The molecule has 0 saturated carbocycles. The number of nitrogens with zero attached hydrogens (tertiary/aromatic N) is 1. The first-order chi connectivity index (χ1) is 9.75. The van der Waals surface area contributed by atoms with Crippen molar-refractivity contribution in [3.8, 4) is 0 Å². The second-order valence-electron chi connectivity index (χ2n) is 5.15. The molecule has 1 aliphatic rings. The van der Waals surface area contributed by atoms with Gasteiger partial charge in [0.25, 0.3) is 0 Å². The highest BCUT2D eigenvalue weighted by molar-refractivity contribution is 7.09. The van der Waals surface area contributed by atoms with E-state index in [1.807, 2.05) is 5.38 Å². The molecular weight excluding hydrogens is 274 g/mol. The summed E-state index contributed by atoms with van der Waals surface area (Å²) >= 11 is 1.63. The Morgan fingerprint density at radius 2 is 2.40 bits per heavy atom. The van der Waals surface area contributed by atoms with E-state index in [2.05, 4.69) is 22.5 Å². The highest BCUT2D eigenvalue weighted by Gasteiger charge is 2.14. The van der Waals surface area contributed by atoms with Gasteiger partial charge in [0.15, 0.2) is 0 Å². The zero-order chi connectivity index (χ0) is 14.2. The van der Waals surface area contributed by atoms with Crippen LogP contribution in [0.3, 0.4) is 0 Å². The van der Waals surface area contributed by atoms with Gasteiger partial charge in [-0.3, -0.25) is 4.79 Å². The minimum atomic E-state index is 0.0577. The number of aromatic nitrogens is 1. The molecule has 1 aromatic rings. The molecule has 2 N–H and O–H groups in total. The van der Waals surface area contributed by atoms with Crippen LogP contribution in [0.1, 0.15) is 37.1 Å². The number of carbonyl (C=O) groups is 1. The second kappa shape index (κ2) is 8.34. The molecule has 1 fully saturated rings. The maximum absolute atomic E-state index is 11.7. The lowest BCUT2D eigenvalue weighted by Gasteiger charge is -2.22. The number of carbonyl (C=O) groups excluding carboxylic acids is 1. The molecule has 1 atom stereocenters. The van der Waals surface area contributed by atoms with E-state index in [-0.39, 0.29) is 11.8 Å². The molecule has 5 nitrogen and oxygen atoms in total. The Bertz CT molecular complexity index is 391. The van der Waals surface area contributed by atoms with E-state index in [1.54, 1.807) is 17.5 Å². The summed E-state index contributed by atoms with van der Waals surface area (Å²) in [5.74, 6) is 0.326. The summed E-state index contributed by atoms with van der Waals surface area (Å²) in [6.07, 6.45) is 4.64. The lowest BCUT2D eigenvalue weighted by atomic mass is 10.1. The van der Waals surface area contributed by atoms with E-state index < -0.39 is 0 Å². The number of thiazole rings is 1. The normalized spacial score (nSPS) is 17.9. The molecule has 0 spiro atoms. The van der Waals surface area contributed by atoms with Gasteiger partial charge < -0.3 is 15.4 Å². The predicted molar refractivity (Wildman–Crippen MR) is 80.0 cm³/mol. The Labute approximate surface area is 124 Å². The molecule has 0 bridgehead atoms. The van der Waals surface area contributed by atoms with Gasteiger partial charge in [0.05, 0.1) is 17.7 Å². The number of hydrogen-bond donors (Lipinski definition) is 2. The summed E-state index contributed by atoms with van der Waals surface area (Å²) in [6, 6.07) is 0. The number of ether oxygens (including phenoxy) is 1. The monoisotopic (exact) mass is 297 g/mol. The van der Waals surface area contributed by atoms with Crippen molar-refractivity contribution in [2.75, 3.05) is 26.2 Å². The molecule has 112 valence electrons. The standard InChI is InChI=1S/C14H23N3O2S/c1-11(14-16-7-9-20-14)10-17-13(18)4-8-19-12-2-5-15-6-3-12/h7,9,11-12,15H,2-6,8,10H2,1H3,(H,17,18).